The molecule has 0 radical (unpaired) electrons. The van der Waals surface area contributed by atoms with E-state index in [9.17, 15) is 18.0 Å². The van der Waals surface area contributed by atoms with E-state index in [4.69, 9.17) is 0 Å². The summed E-state index contributed by atoms with van der Waals surface area (Å²) in [6, 6.07) is 0.895. The first kappa shape index (κ1) is 10.7. The van der Waals surface area contributed by atoms with Crippen LogP contribution in [0.4, 0.5) is 13.2 Å². The SMILES string of the molecule is C=Cc1cc(C(F)(F)F)c2c(n1)C(=O)NC2. The van der Waals surface area contributed by atoms with Crippen LogP contribution in [0.2, 0.25) is 0 Å². The molecule has 0 aliphatic carbocycles. The van der Waals surface area contributed by atoms with Crippen molar-refractivity contribution in [3.63, 3.8) is 0 Å². The van der Waals surface area contributed by atoms with Gasteiger partial charge in [0.2, 0.25) is 0 Å². The Bertz CT molecular complexity index is 480. The highest BCUT2D eigenvalue weighted by atomic mass is 19.4. The molecule has 3 nitrogen and oxygen atoms in total. The fraction of sp³-hybridized carbons (Fsp3) is 0.200. The first-order valence-electron chi connectivity index (χ1n) is 4.45. The molecule has 1 N–H and O–H groups in total. The quantitative estimate of drug-likeness (QED) is 0.798. The third-order valence-electron chi connectivity index (χ3n) is 2.30. The van der Waals surface area contributed by atoms with Crippen molar-refractivity contribution in [3.05, 3.63) is 35.2 Å². The summed E-state index contributed by atoms with van der Waals surface area (Å²) in [7, 11) is 0. The fourth-order valence-electron chi connectivity index (χ4n) is 1.57. The Morgan fingerprint density at radius 1 is 1.50 bits per heavy atom. The first-order chi connectivity index (χ1) is 7.43. The molecule has 1 aromatic rings. The van der Waals surface area contributed by atoms with Gasteiger partial charge in [-0.15, -0.1) is 0 Å². The van der Waals surface area contributed by atoms with E-state index < -0.39 is 17.6 Å². The van der Waals surface area contributed by atoms with E-state index >= 15 is 0 Å². The zero-order chi connectivity index (χ0) is 11.9. The van der Waals surface area contributed by atoms with Crippen molar-refractivity contribution >= 4 is 12.0 Å². The van der Waals surface area contributed by atoms with Gasteiger partial charge in [-0.1, -0.05) is 6.58 Å². The molecule has 6 heteroatoms. The van der Waals surface area contributed by atoms with Crippen LogP contribution >= 0.6 is 0 Å². The van der Waals surface area contributed by atoms with Crippen LogP contribution in [0.5, 0.6) is 0 Å². The molecule has 1 amide bonds. The van der Waals surface area contributed by atoms with E-state index in [1.807, 2.05) is 0 Å². The number of carbonyl (C=O) groups is 1. The maximum Gasteiger partial charge on any atom is 0.416 e. The molecule has 0 saturated heterocycles. The minimum Gasteiger partial charge on any atom is -0.347 e. The van der Waals surface area contributed by atoms with Crippen molar-refractivity contribution < 1.29 is 18.0 Å². The van der Waals surface area contributed by atoms with Gasteiger partial charge in [0.15, 0.2) is 0 Å². The van der Waals surface area contributed by atoms with Gasteiger partial charge in [-0.05, 0) is 12.1 Å². The summed E-state index contributed by atoms with van der Waals surface area (Å²) in [6.07, 6.45) is -3.31. The van der Waals surface area contributed by atoms with Crippen molar-refractivity contribution in [1.29, 1.82) is 0 Å². The Kier molecular flexibility index (Phi) is 2.22. The molecular weight excluding hydrogens is 221 g/mol. The topological polar surface area (TPSA) is 42.0 Å². The Labute approximate surface area is 89.0 Å². The summed E-state index contributed by atoms with van der Waals surface area (Å²) >= 11 is 0. The molecule has 2 heterocycles. The van der Waals surface area contributed by atoms with E-state index in [1.165, 1.54) is 6.08 Å². The largest absolute Gasteiger partial charge is 0.416 e. The lowest BCUT2D eigenvalue weighted by Crippen LogP contribution is -2.13. The second-order valence-corrected chi connectivity index (χ2v) is 3.31. The molecule has 2 rings (SSSR count). The summed E-state index contributed by atoms with van der Waals surface area (Å²) in [6.45, 7) is 3.21. The molecule has 0 bridgehead atoms. The lowest BCUT2D eigenvalue weighted by atomic mass is 10.1. The van der Waals surface area contributed by atoms with Crippen LogP contribution < -0.4 is 5.32 Å². The molecule has 16 heavy (non-hydrogen) atoms. The van der Waals surface area contributed by atoms with Crippen LogP contribution in [0.3, 0.4) is 0 Å². The molecular formula is C10H7F3N2O. The third kappa shape index (κ3) is 1.56. The zero-order valence-electron chi connectivity index (χ0n) is 8.06. The standard InChI is InChI=1S/C10H7F3N2O/c1-2-5-3-7(10(11,12)13)6-4-14-9(16)8(6)15-5/h2-3H,1,4H2,(H,14,16). The smallest absolute Gasteiger partial charge is 0.347 e. The summed E-state index contributed by atoms with van der Waals surface area (Å²) in [5, 5.41) is 2.31. The van der Waals surface area contributed by atoms with Crippen LogP contribution in [0.15, 0.2) is 12.6 Å². The number of rotatable bonds is 1. The number of hydrogen-bond acceptors (Lipinski definition) is 2. The maximum atomic E-state index is 12.7. The number of fused-ring (bicyclic) bond motifs is 1. The average Bonchev–Trinajstić information content (AvgIpc) is 2.58. The normalized spacial score (nSPS) is 14.6. The average molecular weight is 228 g/mol. The van der Waals surface area contributed by atoms with Gasteiger partial charge in [-0.3, -0.25) is 4.79 Å². The van der Waals surface area contributed by atoms with Crippen molar-refractivity contribution in [2.24, 2.45) is 0 Å². The third-order valence-corrected chi connectivity index (χ3v) is 2.30. The van der Waals surface area contributed by atoms with Crippen molar-refractivity contribution in [3.8, 4) is 0 Å². The molecule has 0 saturated carbocycles. The monoisotopic (exact) mass is 228 g/mol. The zero-order valence-corrected chi connectivity index (χ0v) is 8.06. The summed E-state index contributed by atoms with van der Waals surface area (Å²) in [5.74, 6) is -0.579. The number of alkyl halides is 3. The van der Waals surface area contributed by atoms with Gasteiger partial charge in [-0.25, -0.2) is 4.98 Å². The first-order valence-corrected chi connectivity index (χ1v) is 4.45. The van der Waals surface area contributed by atoms with Gasteiger partial charge in [0.05, 0.1) is 11.3 Å². The fourth-order valence-corrected chi connectivity index (χ4v) is 1.57. The molecule has 0 atom stereocenters. The summed E-state index contributed by atoms with van der Waals surface area (Å²) < 4.78 is 38.1. The number of hydrogen-bond donors (Lipinski definition) is 1. The highest BCUT2D eigenvalue weighted by molar-refractivity contribution is 5.97. The minimum atomic E-state index is -4.49. The van der Waals surface area contributed by atoms with E-state index in [0.717, 1.165) is 6.07 Å². The molecule has 0 unspecified atom stereocenters. The summed E-state index contributed by atoms with van der Waals surface area (Å²) in [5.41, 5.74) is -1.04. The van der Waals surface area contributed by atoms with E-state index in [1.54, 1.807) is 0 Å². The highest BCUT2D eigenvalue weighted by Crippen LogP contribution is 2.35. The van der Waals surface area contributed by atoms with Gasteiger partial charge in [0.25, 0.3) is 5.91 Å². The number of amides is 1. The lowest BCUT2D eigenvalue weighted by Gasteiger charge is -2.11. The summed E-state index contributed by atoms with van der Waals surface area (Å²) in [4.78, 5) is 15.0. The van der Waals surface area contributed by atoms with Gasteiger partial charge >= 0.3 is 6.18 Å². The van der Waals surface area contributed by atoms with Crippen molar-refractivity contribution in [2.45, 2.75) is 12.7 Å². The number of carbonyl (C=O) groups excluding carboxylic acids is 1. The molecule has 0 fully saturated rings. The van der Waals surface area contributed by atoms with Crippen LogP contribution in [0.1, 0.15) is 27.3 Å². The van der Waals surface area contributed by atoms with E-state index in [-0.39, 0.29) is 23.5 Å². The molecule has 1 aliphatic rings. The Morgan fingerprint density at radius 3 is 2.75 bits per heavy atom. The predicted octanol–water partition coefficient (Wildman–Crippen LogP) is 1.99. The highest BCUT2D eigenvalue weighted by Gasteiger charge is 2.38. The second-order valence-electron chi connectivity index (χ2n) is 3.31. The second kappa shape index (κ2) is 3.33. The van der Waals surface area contributed by atoms with Gasteiger partial charge in [-0.2, -0.15) is 13.2 Å². The van der Waals surface area contributed by atoms with Crippen LogP contribution in [0.25, 0.3) is 6.08 Å². The van der Waals surface area contributed by atoms with Crippen molar-refractivity contribution in [2.75, 3.05) is 0 Å². The van der Waals surface area contributed by atoms with Gasteiger partial charge in [0, 0.05) is 12.1 Å². The van der Waals surface area contributed by atoms with Crippen LogP contribution in [-0.4, -0.2) is 10.9 Å². The Balaban J connectivity index is 2.70. The van der Waals surface area contributed by atoms with Gasteiger partial charge in [0.1, 0.15) is 5.69 Å². The molecule has 84 valence electrons. The number of pyridine rings is 1. The number of nitrogens with one attached hydrogen (secondary N) is 1. The van der Waals surface area contributed by atoms with E-state index in [0.29, 0.717) is 0 Å². The number of aromatic nitrogens is 1. The molecule has 0 spiro atoms. The number of nitrogens with zero attached hydrogens (tertiary/aromatic N) is 1. The molecule has 1 aromatic heterocycles. The van der Waals surface area contributed by atoms with Crippen molar-refractivity contribution in [1.82, 2.24) is 10.3 Å². The number of halogens is 3. The Hall–Kier alpha value is -1.85. The lowest BCUT2D eigenvalue weighted by molar-refractivity contribution is -0.138. The predicted molar refractivity (Wildman–Crippen MR) is 50.5 cm³/mol. The molecule has 1 aliphatic heterocycles. The molecule has 0 aromatic carbocycles. The Morgan fingerprint density at radius 2 is 2.19 bits per heavy atom. The van der Waals surface area contributed by atoms with Crippen LogP contribution in [-0.2, 0) is 12.7 Å². The maximum absolute atomic E-state index is 12.7. The van der Waals surface area contributed by atoms with Crippen LogP contribution in [0, 0.1) is 0 Å². The minimum absolute atomic E-state index is 0.0446. The van der Waals surface area contributed by atoms with E-state index in [2.05, 4.69) is 16.9 Å². The van der Waals surface area contributed by atoms with Gasteiger partial charge < -0.3 is 5.32 Å².